The summed E-state index contributed by atoms with van der Waals surface area (Å²) in [6.45, 7) is 3.61. The topological polar surface area (TPSA) is 48.4 Å². The minimum Gasteiger partial charge on any atom is -0.395 e. The van der Waals surface area contributed by atoms with E-state index in [4.69, 9.17) is 0 Å². The molecule has 1 aromatic heterocycles. The van der Waals surface area contributed by atoms with Gasteiger partial charge in [0.15, 0.2) is 0 Å². The van der Waals surface area contributed by atoms with Crippen LogP contribution in [0.4, 0.5) is 0 Å². The number of hydrogen-bond donors (Lipinski definition) is 2. The van der Waals surface area contributed by atoms with Gasteiger partial charge in [0.05, 0.1) is 6.61 Å². The first-order chi connectivity index (χ1) is 9.85. The Morgan fingerprint density at radius 3 is 2.50 bits per heavy atom. The summed E-state index contributed by atoms with van der Waals surface area (Å²) in [5, 5.41) is 13.1. The van der Waals surface area contributed by atoms with Crippen LogP contribution in [0.1, 0.15) is 31.2 Å². The Balaban J connectivity index is 1.42. The van der Waals surface area contributed by atoms with Crippen molar-refractivity contribution in [1.82, 2.24) is 15.2 Å². The fourth-order valence-electron chi connectivity index (χ4n) is 3.14. The third-order valence-electron chi connectivity index (χ3n) is 4.58. The van der Waals surface area contributed by atoms with Gasteiger partial charge < -0.3 is 10.4 Å². The number of aliphatic hydroxyl groups excluding tert-OH is 1. The van der Waals surface area contributed by atoms with Gasteiger partial charge in [-0.25, -0.2) is 0 Å². The van der Waals surface area contributed by atoms with Crippen molar-refractivity contribution < 1.29 is 5.11 Å². The number of nitrogens with one attached hydrogen (secondary N) is 1. The molecule has 1 saturated heterocycles. The standard InChI is InChI=1S/C16H25N3O/c20-12-16(14-1-2-14)18-15-5-9-19(10-6-15)11-13-3-7-17-8-4-13/h3-4,7-8,14-16,18,20H,1-2,5-6,9-12H2. The van der Waals surface area contributed by atoms with Crippen LogP contribution >= 0.6 is 0 Å². The summed E-state index contributed by atoms with van der Waals surface area (Å²) in [7, 11) is 0. The number of likely N-dealkylation sites (tertiary alicyclic amines) is 1. The Kier molecular flexibility index (Phi) is 4.65. The molecule has 0 amide bonds. The molecule has 2 heterocycles. The lowest BCUT2D eigenvalue weighted by atomic mass is 10.0. The second-order valence-corrected chi connectivity index (χ2v) is 6.20. The highest BCUT2D eigenvalue weighted by molar-refractivity contribution is 5.09. The van der Waals surface area contributed by atoms with E-state index < -0.39 is 0 Å². The quantitative estimate of drug-likeness (QED) is 0.824. The van der Waals surface area contributed by atoms with Crippen LogP contribution in [0.3, 0.4) is 0 Å². The summed E-state index contributed by atoms with van der Waals surface area (Å²) >= 11 is 0. The first-order valence-electron chi connectivity index (χ1n) is 7.83. The molecule has 1 aromatic rings. The van der Waals surface area contributed by atoms with Gasteiger partial charge in [-0.1, -0.05) is 0 Å². The van der Waals surface area contributed by atoms with Crippen molar-refractivity contribution in [2.24, 2.45) is 5.92 Å². The molecule has 0 spiro atoms. The number of aromatic nitrogens is 1. The zero-order valence-electron chi connectivity index (χ0n) is 12.0. The number of nitrogens with zero attached hydrogens (tertiary/aromatic N) is 2. The van der Waals surface area contributed by atoms with E-state index in [2.05, 4.69) is 27.3 Å². The van der Waals surface area contributed by atoms with E-state index in [0.717, 1.165) is 25.6 Å². The molecule has 1 unspecified atom stereocenters. The minimum atomic E-state index is 0.294. The van der Waals surface area contributed by atoms with Crippen molar-refractivity contribution in [1.29, 1.82) is 0 Å². The zero-order chi connectivity index (χ0) is 13.8. The lowest BCUT2D eigenvalue weighted by Gasteiger charge is -2.34. The number of piperidine rings is 1. The Morgan fingerprint density at radius 1 is 1.20 bits per heavy atom. The van der Waals surface area contributed by atoms with Gasteiger partial charge in [-0.2, -0.15) is 0 Å². The minimum absolute atomic E-state index is 0.294. The van der Waals surface area contributed by atoms with Crippen molar-refractivity contribution in [2.75, 3.05) is 19.7 Å². The maximum absolute atomic E-state index is 9.44. The largest absolute Gasteiger partial charge is 0.395 e. The number of hydrogen-bond acceptors (Lipinski definition) is 4. The molecule has 3 rings (SSSR count). The average molecular weight is 275 g/mol. The van der Waals surface area contributed by atoms with E-state index in [1.165, 1.54) is 31.2 Å². The Bertz CT molecular complexity index is 399. The van der Waals surface area contributed by atoms with E-state index >= 15 is 0 Å². The summed E-state index contributed by atoms with van der Waals surface area (Å²) in [5.74, 6) is 0.731. The van der Waals surface area contributed by atoms with Gasteiger partial charge >= 0.3 is 0 Å². The van der Waals surface area contributed by atoms with Crippen molar-refractivity contribution in [3.05, 3.63) is 30.1 Å². The molecule has 4 nitrogen and oxygen atoms in total. The molecule has 1 saturated carbocycles. The zero-order valence-corrected chi connectivity index (χ0v) is 12.0. The molecule has 2 aliphatic rings. The first kappa shape index (κ1) is 14.0. The molecule has 1 aliphatic carbocycles. The summed E-state index contributed by atoms with van der Waals surface area (Å²) < 4.78 is 0. The van der Waals surface area contributed by atoms with E-state index in [0.29, 0.717) is 18.7 Å². The molecule has 0 aromatic carbocycles. The maximum Gasteiger partial charge on any atom is 0.0587 e. The summed E-state index contributed by atoms with van der Waals surface area (Å²) in [5.41, 5.74) is 1.35. The molecule has 1 aliphatic heterocycles. The highest BCUT2D eigenvalue weighted by Gasteiger charge is 2.32. The Morgan fingerprint density at radius 2 is 1.90 bits per heavy atom. The first-order valence-corrected chi connectivity index (χ1v) is 7.83. The smallest absolute Gasteiger partial charge is 0.0587 e. The van der Waals surface area contributed by atoms with E-state index in [1.807, 2.05) is 12.4 Å². The van der Waals surface area contributed by atoms with Crippen molar-refractivity contribution >= 4 is 0 Å². The van der Waals surface area contributed by atoms with Crippen LogP contribution in [0.25, 0.3) is 0 Å². The van der Waals surface area contributed by atoms with Crippen LogP contribution in [0.15, 0.2) is 24.5 Å². The van der Waals surface area contributed by atoms with Gasteiger partial charge in [0, 0.05) is 31.0 Å². The van der Waals surface area contributed by atoms with E-state index in [9.17, 15) is 5.11 Å². The van der Waals surface area contributed by atoms with Crippen LogP contribution in [-0.4, -0.2) is 46.8 Å². The predicted molar refractivity (Wildman–Crippen MR) is 79.3 cm³/mol. The lowest BCUT2D eigenvalue weighted by molar-refractivity contribution is 0.160. The molecule has 2 N–H and O–H groups in total. The van der Waals surface area contributed by atoms with Crippen molar-refractivity contribution in [2.45, 2.75) is 44.3 Å². The third kappa shape index (κ3) is 3.78. The third-order valence-corrected chi connectivity index (χ3v) is 4.58. The molecule has 0 bridgehead atoms. The molecular formula is C16H25N3O. The molecule has 4 heteroatoms. The van der Waals surface area contributed by atoms with Crippen LogP contribution in [0.5, 0.6) is 0 Å². The summed E-state index contributed by atoms with van der Waals surface area (Å²) in [4.78, 5) is 6.58. The highest BCUT2D eigenvalue weighted by Crippen LogP contribution is 2.33. The molecule has 110 valence electrons. The fourth-order valence-corrected chi connectivity index (χ4v) is 3.14. The second kappa shape index (κ2) is 6.66. The molecule has 20 heavy (non-hydrogen) atoms. The van der Waals surface area contributed by atoms with Gasteiger partial charge in [-0.05, 0) is 62.4 Å². The van der Waals surface area contributed by atoms with Crippen LogP contribution in [-0.2, 0) is 6.54 Å². The van der Waals surface area contributed by atoms with Gasteiger partial charge in [-0.3, -0.25) is 9.88 Å². The predicted octanol–water partition coefficient (Wildman–Crippen LogP) is 1.41. The average Bonchev–Trinajstić information content (AvgIpc) is 3.32. The lowest BCUT2D eigenvalue weighted by Crippen LogP contribution is -2.47. The van der Waals surface area contributed by atoms with Gasteiger partial charge in [-0.15, -0.1) is 0 Å². The van der Waals surface area contributed by atoms with Crippen molar-refractivity contribution in [3.63, 3.8) is 0 Å². The van der Waals surface area contributed by atoms with E-state index in [-0.39, 0.29) is 0 Å². The molecule has 2 fully saturated rings. The van der Waals surface area contributed by atoms with Crippen LogP contribution in [0, 0.1) is 5.92 Å². The van der Waals surface area contributed by atoms with Gasteiger partial charge in [0.2, 0.25) is 0 Å². The Labute approximate surface area is 121 Å². The van der Waals surface area contributed by atoms with Crippen LogP contribution in [0.2, 0.25) is 0 Å². The highest BCUT2D eigenvalue weighted by atomic mass is 16.3. The summed E-state index contributed by atoms with van der Waals surface area (Å²) in [6, 6.07) is 5.12. The van der Waals surface area contributed by atoms with Gasteiger partial charge in [0.1, 0.15) is 0 Å². The molecular weight excluding hydrogens is 250 g/mol. The maximum atomic E-state index is 9.44. The summed E-state index contributed by atoms with van der Waals surface area (Å²) in [6.07, 6.45) is 8.69. The second-order valence-electron chi connectivity index (χ2n) is 6.20. The van der Waals surface area contributed by atoms with Gasteiger partial charge in [0.25, 0.3) is 0 Å². The fraction of sp³-hybridized carbons (Fsp3) is 0.688. The normalized spacial score (nSPS) is 22.9. The van der Waals surface area contributed by atoms with Crippen molar-refractivity contribution in [3.8, 4) is 0 Å². The number of pyridine rings is 1. The SMILES string of the molecule is OCC(NC1CCN(Cc2ccncc2)CC1)C1CC1. The molecule has 0 radical (unpaired) electrons. The number of rotatable bonds is 6. The van der Waals surface area contributed by atoms with Crippen LogP contribution < -0.4 is 5.32 Å². The molecule has 1 atom stereocenters. The Hall–Kier alpha value is -0.970. The number of aliphatic hydroxyl groups is 1. The van der Waals surface area contributed by atoms with E-state index in [1.54, 1.807) is 0 Å². The monoisotopic (exact) mass is 275 g/mol.